The van der Waals surface area contributed by atoms with Crippen molar-refractivity contribution in [2.45, 2.75) is 6.10 Å². The van der Waals surface area contributed by atoms with Gasteiger partial charge < -0.3 is 10.4 Å². The molecule has 0 fully saturated rings. The molecule has 0 spiro atoms. The lowest BCUT2D eigenvalue weighted by Gasteiger charge is -2.12. The van der Waals surface area contributed by atoms with Crippen LogP contribution in [0.2, 0.25) is 0 Å². The zero-order valence-corrected chi connectivity index (χ0v) is 10.4. The third kappa shape index (κ3) is 3.30. The third-order valence-corrected chi connectivity index (χ3v) is 2.77. The summed E-state index contributed by atoms with van der Waals surface area (Å²) < 4.78 is 0. The molecule has 0 aliphatic heterocycles. The number of carbonyl (C=O) groups is 1. The van der Waals surface area contributed by atoms with Crippen molar-refractivity contribution in [1.29, 1.82) is 0 Å². The molecule has 1 amide bonds. The van der Waals surface area contributed by atoms with Gasteiger partial charge in [0.05, 0.1) is 0 Å². The molecule has 2 aromatic rings. The van der Waals surface area contributed by atoms with Crippen molar-refractivity contribution < 1.29 is 9.90 Å². The lowest BCUT2D eigenvalue weighted by Crippen LogP contribution is -2.08. The topological polar surface area (TPSA) is 49.3 Å². The number of hydrogen-bond acceptors (Lipinski definition) is 2. The van der Waals surface area contributed by atoms with Crippen LogP contribution in [0.4, 0.5) is 5.69 Å². The summed E-state index contributed by atoms with van der Waals surface area (Å²) in [5, 5.41) is 12.9. The van der Waals surface area contributed by atoms with Gasteiger partial charge in [-0.2, -0.15) is 0 Å². The van der Waals surface area contributed by atoms with E-state index in [0.717, 1.165) is 11.1 Å². The van der Waals surface area contributed by atoms with Gasteiger partial charge in [0.2, 0.25) is 5.91 Å². The summed E-state index contributed by atoms with van der Waals surface area (Å²) in [5.41, 5.74) is 2.18. The molecule has 0 radical (unpaired) electrons. The van der Waals surface area contributed by atoms with Crippen LogP contribution in [0.15, 0.2) is 67.3 Å². The van der Waals surface area contributed by atoms with Crippen molar-refractivity contribution >= 4 is 11.6 Å². The molecule has 96 valence electrons. The van der Waals surface area contributed by atoms with Gasteiger partial charge in [-0.1, -0.05) is 49.0 Å². The number of carbonyl (C=O) groups excluding carboxylic acids is 1. The number of aliphatic hydroxyl groups is 1. The Labute approximate surface area is 112 Å². The molecule has 2 aromatic carbocycles. The van der Waals surface area contributed by atoms with Gasteiger partial charge >= 0.3 is 0 Å². The van der Waals surface area contributed by atoms with Crippen LogP contribution in [0, 0.1) is 0 Å². The van der Waals surface area contributed by atoms with Crippen molar-refractivity contribution in [1.82, 2.24) is 0 Å². The van der Waals surface area contributed by atoms with Crippen LogP contribution in [-0.4, -0.2) is 11.0 Å². The number of benzene rings is 2. The quantitative estimate of drug-likeness (QED) is 0.823. The maximum absolute atomic E-state index is 11.2. The van der Waals surface area contributed by atoms with Gasteiger partial charge in [-0.15, -0.1) is 0 Å². The first-order valence-corrected chi connectivity index (χ1v) is 5.97. The van der Waals surface area contributed by atoms with Crippen molar-refractivity contribution in [3.05, 3.63) is 78.4 Å². The van der Waals surface area contributed by atoms with E-state index in [1.54, 1.807) is 18.2 Å². The fourth-order valence-electron chi connectivity index (χ4n) is 1.81. The van der Waals surface area contributed by atoms with Crippen LogP contribution in [0.25, 0.3) is 0 Å². The second-order valence-electron chi connectivity index (χ2n) is 4.13. The Hall–Kier alpha value is -2.39. The van der Waals surface area contributed by atoms with E-state index in [4.69, 9.17) is 0 Å². The molecule has 2 N–H and O–H groups in total. The molecule has 0 bridgehead atoms. The minimum atomic E-state index is -0.707. The molecule has 0 saturated heterocycles. The average molecular weight is 253 g/mol. The molecule has 1 unspecified atom stereocenters. The molecular weight excluding hydrogens is 238 g/mol. The first kappa shape index (κ1) is 13.1. The Kier molecular flexibility index (Phi) is 4.11. The fraction of sp³-hybridized carbons (Fsp3) is 0.0625. The summed E-state index contributed by atoms with van der Waals surface area (Å²) in [6.07, 6.45) is 0.502. The highest BCUT2D eigenvalue weighted by Crippen LogP contribution is 2.23. The van der Waals surface area contributed by atoms with Gasteiger partial charge in [-0.3, -0.25) is 4.79 Å². The van der Waals surface area contributed by atoms with Gasteiger partial charge in [-0.05, 0) is 29.3 Å². The van der Waals surface area contributed by atoms with Gasteiger partial charge in [0, 0.05) is 5.69 Å². The van der Waals surface area contributed by atoms with E-state index in [2.05, 4.69) is 11.9 Å². The summed E-state index contributed by atoms with van der Waals surface area (Å²) in [6, 6.07) is 16.5. The average Bonchev–Trinajstić information content (AvgIpc) is 2.47. The molecule has 19 heavy (non-hydrogen) atoms. The Bertz CT molecular complexity index is 578. The molecule has 2 rings (SSSR count). The highest BCUT2D eigenvalue weighted by Gasteiger charge is 2.10. The molecule has 0 saturated carbocycles. The molecule has 0 heterocycles. The van der Waals surface area contributed by atoms with Gasteiger partial charge in [-0.25, -0.2) is 0 Å². The van der Waals surface area contributed by atoms with Crippen LogP contribution in [0.5, 0.6) is 0 Å². The first-order valence-electron chi connectivity index (χ1n) is 5.97. The zero-order valence-electron chi connectivity index (χ0n) is 10.4. The molecule has 1 atom stereocenters. The summed E-state index contributed by atoms with van der Waals surface area (Å²) in [6.45, 7) is 3.40. The highest BCUT2D eigenvalue weighted by atomic mass is 16.3. The highest BCUT2D eigenvalue weighted by molar-refractivity contribution is 5.98. The fourth-order valence-corrected chi connectivity index (χ4v) is 1.81. The second kappa shape index (κ2) is 5.98. The third-order valence-electron chi connectivity index (χ3n) is 2.77. The largest absolute Gasteiger partial charge is 0.384 e. The van der Waals surface area contributed by atoms with Crippen LogP contribution >= 0.6 is 0 Å². The minimum Gasteiger partial charge on any atom is -0.384 e. The van der Waals surface area contributed by atoms with Crippen LogP contribution < -0.4 is 5.32 Å². The molecular formula is C16H15NO2. The Morgan fingerprint density at radius 1 is 1.11 bits per heavy atom. The van der Waals surface area contributed by atoms with Crippen molar-refractivity contribution in [2.75, 3.05) is 5.32 Å². The summed E-state index contributed by atoms with van der Waals surface area (Å²) in [7, 11) is 0. The van der Waals surface area contributed by atoms with Crippen molar-refractivity contribution in [3.63, 3.8) is 0 Å². The lowest BCUT2D eigenvalue weighted by atomic mass is 10.0. The minimum absolute atomic E-state index is 0.272. The predicted molar refractivity (Wildman–Crippen MR) is 75.8 cm³/mol. The summed E-state index contributed by atoms with van der Waals surface area (Å²) in [4.78, 5) is 11.2. The number of nitrogens with one attached hydrogen (secondary N) is 1. The van der Waals surface area contributed by atoms with Gasteiger partial charge in [0.1, 0.15) is 6.10 Å². The normalized spacial score (nSPS) is 11.6. The van der Waals surface area contributed by atoms with E-state index >= 15 is 0 Å². The maximum Gasteiger partial charge on any atom is 0.247 e. The van der Waals surface area contributed by atoms with E-state index in [0.29, 0.717) is 5.69 Å². The van der Waals surface area contributed by atoms with E-state index < -0.39 is 6.10 Å². The van der Waals surface area contributed by atoms with E-state index in [9.17, 15) is 9.90 Å². The number of aliphatic hydroxyl groups excluding tert-OH is 1. The van der Waals surface area contributed by atoms with Crippen molar-refractivity contribution in [2.24, 2.45) is 0 Å². The molecule has 0 aliphatic rings. The Morgan fingerprint density at radius 3 is 2.47 bits per heavy atom. The SMILES string of the molecule is C=CC(=O)Nc1cccc(C(O)c2ccccc2)c1. The standard InChI is InChI=1S/C16H15NO2/c1-2-15(18)17-14-10-6-9-13(11-14)16(19)12-7-4-3-5-8-12/h2-11,16,19H,1H2,(H,17,18). The van der Waals surface area contributed by atoms with Crippen LogP contribution in [-0.2, 0) is 4.79 Å². The van der Waals surface area contributed by atoms with E-state index in [1.165, 1.54) is 6.08 Å². The van der Waals surface area contributed by atoms with Crippen LogP contribution in [0.3, 0.4) is 0 Å². The number of hydrogen-bond donors (Lipinski definition) is 2. The molecule has 3 heteroatoms. The predicted octanol–water partition coefficient (Wildman–Crippen LogP) is 2.89. The monoisotopic (exact) mass is 253 g/mol. The van der Waals surface area contributed by atoms with Gasteiger partial charge in [0.25, 0.3) is 0 Å². The molecule has 3 nitrogen and oxygen atoms in total. The number of anilines is 1. The molecule has 0 aliphatic carbocycles. The molecule has 0 aromatic heterocycles. The summed E-state index contributed by atoms with van der Waals surface area (Å²) in [5.74, 6) is -0.272. The second-order valence-corrected chi connectivity index (χ2v) is 4.13. The van der Waals surface area contributed by atoms with E-state index in [-0.39, 0.29) is 5.91 Å². The number of amides is 1. The Morgan fingerprint density at radius 2 is 1.79 bits per heavy atom. The Balaban J connectivity index is 2.23. The maximum atomic E-state index is 11.2. The van der Waals surface area contributed by atoms with E-state index in [1.807, 2.05) is 36.4 Å². The van der Waals surface area contributed by atoms with Crippen LogP contribution in [0.1, 0.15) is 17.2 Å². The summed E-state index contributed by atoms with van der Waals surface area (Å²) >= 11 is 0. The smallest absolute Gasteiger partial charge is 0.247 e. The zero-order chi connectivity index (χ0) is 13.7. The first-order chi connectivity index (χ1) is 9.20. The van der Waals surface area contributed by atoms with Crippen molar-refractivity contribution in [3.8, 4) is 0 Å². The lowest BCUT2D eigenvalue weighted by molar-refractivity contribution is -0.111. The van der Waals surface area contributed by atoms with Gasteiger partial charge in [0.15, 0.2) is 0 Å². The number of rotatable bonds is 4.